The molecule has 2 atom stereocenters. The van der Waals surface area contributed by atoms with Gasteiger partial charge in [0.15, 0.2) is 8.32 Å². The van der Waals surface area contributed by atoms with Crippen LogP contribution < -0.4 is 0 Å². The van der Waals surface area contributed by atoms with Gasteiger partial charge in [-0.25, -0.2) is 4.79 Å². The topological polar surface area (TPSA) is 66.8 Å². The van der Waals surface area contributed by atoms with Crippen molar-refractivity contribution in [1.29, 1.82) is 0 Å². The number of amides is 1. The van der Waals surface area contributed by atoms with Crippen LogP contribution in [0.1, 0.15) is 60.8 Å². The maximum Gasteiger partial charge on any atom is 0.335 e. The highest BCUT2D eigenvalue weighted by atomic mass is 35.5. The smallest absolute Gasteiger partial charge is 0.335 e. The zero-order valence-corrected chi connectivity index (χ0v) is 22.1. The second kappa shape index (κ2) is 9.61. The Morgan fingerprint density at radius 2 is 1.82 bits per heavy atom. The Labute approximate surface area is 202 Å². The number of benzene rings is 2. The third-order valence-electron chi connectivity index (χ3n) is 7.17. The fourth-order valence-corrected chi connectivity index (χ4v) is 5.44. The van der Waals surface area contributed by atoms with Crippen LogP contribution in [0.5, 0.6) is 0 Å². The summed E-state index contributed by atoms with van der Waals surface area (Å²) >= 11 is 6.33. The summed E-state index contributed by atoms with van der Waals surface area (Å²) < 4.78 is 6.52. The van der Waals surface area contributed by atoms with Gasteiger partial charge in [0, 0.05) is 5.02 Å². The molecule has 0 aromatic heterocycles. The first-order chi connectivity index (χ1) is 15.3. The van der Waals surface area contributed by atoms with Gasteiger partial charge < -0.3 is 14.4 Å². The lowest BCUT2D eigenvalue weighted by molar-refractivity contribution is -0.137. The normalized spacial score (nSPS) is 18.7. The van der Waals surface area contributed by atoms with Gasteiger partial charge in [-0.15, -0.1) is 0 Å². The van der Waals surface area contributed by atoms with E-state index >= 15 is 0 Å². The van der Waals surface area contributed by atoms with Crippen LogP contribution in [0.3, 0.4) is 0 Å². The van der Waals surface area contributed by atoms with E-state index in [1.807, 2.05) is 36.1 Å². The zero-order chi connectivity index (χ0) is 24.6. The molecule has 5 nitrogen and oxygen atoms in total. The Morgan fingerprint density at radius 1 is 1.15 bits per heavy atom. The molecule has 0 saturated heterocycles. The van der Waals surface area contributed by atoms with Crippen LogP contribution in [-0.2, 0) is 22.1 Å². The van der Waals surface area contributed by atoms with Crippen molar-refractivity contribution >= 4 is 31.8 Å². The first-order valence-electron chi connectivity index (χ1n) is 11.4. The van der Waals surface area contributed by atoms with Crippen molar-refractivity contribution in [3.8, 4) is 0 Å². The van der Waals surface area contributed by atoms with Crippen molar-refractivity contribution in [2.75, 3.05) is 6.61 Å². The summed E-state index contributed by atoms with van der Waals surface area (Å²) in [6.07, 6.45) is 0.638. The number of carbonyl (C=O) groups excluding carboxylic acids is 1. The van der Waals surface area contributed by atoms with Crippen molar-refractivity contribution in [2.24, 2.45) is 0 Å². The summed E-state index contributed by atoms with van der Waals surface area (Å²) in [5, 5.41) is 10.4. The van der Waals surface area contributed by atoms with Crippen molar-refractivity contribution in [3.05, 3.63) is 69.7 Å². The molecule has 3 rings (SSSR count). The minimum atomic E-state index is -2.06. The van der Waals surface area contributed by atoms with E-state index in [-0.39, 0.29) is 29.4 Å². The van der Waals surface area contributed by atoms with Crippen LogP contribution in [-0.4, -0.2) is 42.8 Å². The zero-order valence-electron chi connectivity index (χ0n) is 20.3. The highest BCUT2D eigenvalue weighted by Crippen LogP contribution is 2.39. The summed E-state index contributed by atoms with van der Waals surface area (Å²) in [6.45, 7) is 13.3. The first kappa shape index (κ1) is 25.5. The van der Waals surface area contributed by atoms with E-state index in [4.69, 9.17) is 16.0 Å². The molecule has 0 spiro atoms. The van der Waals surface area contributed by atoms with Gasteiger partial charge in [0.2, 0.25) is 5.91 Å². The number of rotatable bonds is 6. The van der Waals surface area contributed by atoms with Gasteiger partial charge in [-0.1, -0.05) is 62.7 Å². The van der Waals surface area contributed by atoms with E-state index in [0.717, 1.165) is 16.7 Å². The third-order valence-corrected chi connectivity index (χ3v) is 12.0. The summed E-state index contributed by atoms with van der Waals surface area (Å²) in [5.41, 5.74) is 2.76. The molecular weight excluding hydrogens is 454 g/mol. The van der Waals surface area contributed by atoms with Gasteiger partial charge >= 0.3 is 5.97 Å². The molecule has 1 N–H and O–H groups in total. The molecule has 1 aliphatic rings. The Morgan fingerprint density at radius 3 is 2.42 bits per heavy atom. The molecule has 33 heavy (non-hydrogen) atoms. The van der Waals surface area contributed by atoms with E-state index in [1.54, 1.807) is 18.2 Å². The molecule has 2 aromatic rings. The molecule has 0 fully saturated rings. The number of nitrogens with zero attached hydrogens (tertiary/aromatic N) is 1. The number of halogens is 1. The van der Waals surface area contributed by atoms with Crippen LogP contribution >= 0.6 is 11.6 Å². The van der Waals surface area contributed by atoms with E-state index < -0.39 is 14.3 Å². The molecule has 7 heteroatoms. The summed E-state index contributed by atoms with van der Waals surface area (Å²) in [7, 11) is -2.06. The van der Waals surface area contributed by atoms with Crippen molar-refractivity contribution in [1.82, 2.24) is 4.90 Å². The van der Waals surface area contributed by atoms with Gasteiger partial charge in [0.05, 0.1) is 30.7 Å². The van der Waals surface area contributed by atoms with Gasteiger partial charge in [-0.05, 0) is 60.3 Å². The molecule has 178 valence electrons. The minimum Gasteiger partial charge on any atom is -0.478 e. The average molecular weight is 488 g/mol. The number of hydrogen-bond donors (Lipinski definition) is 1. The Kier molecular flexibility index (Phi) is 7.41. The van der Waals surface area contributed by atoms with Crippen molar-refractivity contribution in [2.45, 2.75) is 70.8 Å². The van der Waals surface area contributed by atoms with E-state index in [9.17, 15) is 14.7 Å². The van der Waals surface area contributed by atoms with Crippen LogP contribution in [0.15, 0.2) is 42.5 Å². The average Bonchev–Trinajstić information content (AvgIpc) is 2.72. The number of hydrogen-bond acceptors (Lipinski definition) is 3. The summed E-state index contributed by atoms with van der Waals surface area (Å²) in [5.74, 6) is -0.982. The SMILES string of the molecule is C[C@H]1c2cccc(C(=O)O)c2C[C@H](CO[Si](C)(C)C(C)(C)C)N1C(=O)Cc1ccccc1Cl. The van der Waals surface area contributed by atoms with Gasteiger partial charge in [0.1, 0.15) is 0 Å². The molecule has 2 aromatic carbocycles. The number of carbonyl (C=O) groups is 2. The lowest BCUT2D eigenvalue weighted by Crippen LogP contribution is -2.52. The van der Waals surface area contributed by atoms with Gasteiger partial charge in [0.25, 0.3) is 0 Å². The number of carboxylic acids is 1. The van der Waals surface area contributed by atoms with E-state index in [0.29, 0.717) is 23.6 Å². The molecular formula is C26H34ClNO4Si. The van der Waals surface area contributed by atoms with Crippen LogP contribution in [0.25, 0.3) is 0 Å². The van der Waals surface area contributed by atoms with Crippen molar-refractivity contribution < 1.29 is 19.1 Å². The minimum absolute atomic E-state index is 0.0316. The molecule has 0 saturated carbocycles. The lowest BCUT2D eigenvalue weighted by atomic mass is 9.85. The van der Waals surface area contributed by atoms with Gasteiger partial charge in [-0.3, -0.25) is 4.79 Å². The van der Waals surface area contributed by atoms with Crippen molar-refractivity contribution in [3.63, 3.8) is 0 Å². The predicted octanol–water partition coefficient (Wildman–Crippen LogP) is 6.12. The monoisotopic (exact) mass is 487 g/mol. The van der Waals surface area contributed by atoms with Crippen LogP contribution in [0, 0.1) is 0 Å². The van der Waals surface area contributed by atoms with Crippen LogP contribution in [0.2, 0.25) is 23.2 Å². The molecule has 0 aliphatic carbocycles. The first-order valence-corrected chi connectivity index (χ1v) is 14.7. The standard InChI is InChI=1S/C26H34ClNO4Si/c1-17-20-11-9-12-21(25(30)31)22(20)15-19(16-32-33(5,6)26(2,3)4)28(17)24(29)14-18-10-7-8-13-23(18)27/h7-13,17,19H,14-16H2,1-6H3,(H,30,31)/t17-,19+/m0/s1. The fraction of sp³-hybridized carbons (Fsp3) is 0.462. The molecule has 0 radical (unpaired) electrons. The molecule has 1 heterocycles. The maximum atomic E-state index is 13.6. The number of fused-ring (bicyclic) bond motifs is 1. The van der Waals surface area contributed by atoms with E-state index in [1.165, 1.54) is 0 Å². The number of carboxylic acid groups (broad SMARTS) is 1. The predicted molar refractivity (Wildman–Crippen MR) is 134 cm³/mol. The maximum absolute atomic E-state index is 13.6. The highest BCUT2D eigenvalue weighted by Gasteiger charge is 2.41. The Bertz CT molecular complexity index is 1050. The number of aromatic carboxylic acids is 1. The lowest BCUT2D eigenvalue weighted by Gasteiger charge is -2.44. The second-order valence-corrected chi connectivity index (χ2v) is 15.6. The quantitative estimate of drug-likeness (QED) is 0.498. The molecule has 1 amide bonds. The largest absolute Gasteiger partial charge is 0.478 e. The third kappa shape index (κ3) is 5.34. The highest BCUT2D eigenvalue weighted by molar-refractivity contribution is 6.74. The molecule has 1 aliphatic heterocycles. The van der Waals surface area contributed by atoms with Gasteiger partial charge in [-0.2, -0.15) is 0 Å². The second-order valence-electron chi connectivity index (χ2n) is 10.4. The fourth-order valence-electron chi connectivity index (χ4n) is 4.20. The van der Waals surface area contributed by atoms with Crippen LogP contribution in [0.4, 0.5) is 0 Å². The molecule has 0 bridgehead atoms. The Hall–Kier alpha value is -2.15. The summed E-state index contributed by atoms with van der Waals surface area (Å²) in [6, 6.07) is 12.2. The molecule has 0 unspecified atom stereocenters. The summed E-state index contributed by atoms with van der Waals surface area (Å²) in [4.78, 5) is 27.4. The Balaban J connectivity index is 1.98. The van der Waals surface area contributed by atoms with E-state index in [2.05, 4.69) is 33.9 Å².